The van der Waals surface area contributed by atoms with Gasteiger partial charge in [-0.2, -0.15) is 0 Å². The lowest BCUT2D eigenvalue weighted by Gasteiger charge is -2.60. The number of hydrogen-bond acceptors (Lipinski definition) is 6. The Labute approximate surface area is 250 Å². The van der Waals surface area contributed by atoms with Crippen LogP contribution >= 0.6 is 0 Å². The van der Waals surface area contributed by atoms with Crippen molar-refractivity contribution in [2.45, 2.75) is 118 Å². The highest BCUT2D eigenvalue weighted by atomic mass is 16.6. The van der Waals surface area contributed by atoms with Gasteiger partial charge in [-0.3, -0.25) is 20.2 Å². The summed E-state index contributed by atoms with van der Waals surface area (Å²) in [6, 6.07) is 3.12. The highest BCUT2D eigenvalue weighted by molar-refractivity contribution is 5.91. The molecule has 232 valence electrons. The predicted octanol–water partition coefficient (Wildman–Crippen LogP) is 9.15. The van der Waals surface area contributed by atoms with Crippen molar-refractivity contribution < 1.29 is 19.4 Å². The summed E-state index contributed by atoms with van der Waals surface area (Å²) in [4.78, 5) is 35.2. The van der Waals surface area contributed by atoms with E-state index in [1.165, 1.54) is 51.4 Å². The van der Waals surface area contributed by atoms with Gasteiger partial charge in [0.15, 0.2) is 0 Å². The van der Waals surface area contributed by atoms with E-state index in [-0.39, 0.29) is 23.0 Å². The van der Waals surface area contributed by atoms with Crippen LogP contribution in [0.4, 0.5) is 11.4 Å². The van der Waals surface area contributed by atoms with Crippen LogP contribution in [0, 0.1) is 72.5 Å². The molecule has 4 fully saturated rings. The molecule has 0 amide bonds. The normalized spacial score (nSPS) is 36.4. The molecule has 5 rings (SSSR count). The maximum absolute atomic E-state index is 13.6. The molecule has 4 aliphatic carbocycles. The van der Waals surface area contributed by atoms with Gasteiger partial charge in [-0.25, -0.2) is 4.79 Å². The average molecular weight is 583 g/mol. The van der Waals surface area contributed by atoms with Gasteiger partial charge >= 0.3 is 5.97 Å². The summed E-state index contributed by atoms with van der Waals surface area (Å²) in [5, 5.41) is 23.0. The third-order valence-electron chi connectivity index (χ3n) is 12.5. The second-order valence-electron chi connectivity index (χ2n) is 15.2. The standard InChI is InChI=1S/C34H50N2O6/c1-21(2)9-8-10-22(3)31-30(42-32(37)23-17-25(35(38)39)19-26(18-23)36(40)41)20-29-27-13-12-24-11-6-7-15-33(24,4)28(27)14-16-34(29,31)5/h17-19,21-22,24,27-31H,6-16,20H2,1-5H3/t22-,24+,27-,28+,29+,30+,31+,33+,34+/m1/s1. The summed E-state index contributed by atoms with van der Waals surface area (Å²) in [5.74, 6) is 3.20. The number of non-ortho nitro benzene ring substituents is 2. The fourth-order valence-corrected chi connectivity index (χ4v) is 10.6. The largest absolute Gasteiger partial charge is 0.458 e. The maximum Gasteiger partial charge on any atom is 0.338 e. The lowest BCUT2D eigenvalue weighted by Crippen LogP contribution is -2.53. The minimum absolute atomic E-state index is 0.0654. The fourth-order valence-electron chi connectivity index (χ4n) is 10.6. The lowest BCUT2D eigenvalue weighted by molar-refractivity contribution is -0.394. The minimum atomic E-state index is -0.698. The van der Waals surface area contributed by atoms with Gasteiger partial charge in [0, 0.05) is 18.1 Å². The zero-order valence-electron chi connectivity index (χ0n) is 26.2. The molecule has 0 bridgehead atoms. The molecule has 0 radical (unpaired) electrons. The third kappa shape index (κ3) is 5.59. The van der Waals surface area contributed by atoms with E-state index in [1.54, 1.807) is 0 Å². The number of carbonyl (C=O) groups excluding carboxylic acids is 1. The monoisotopic (exact) mass is 582 g/mol. The van der Waals surface area contributed by atoms with Crippen LogP contribution < -0.4 is 0 Å². The van der Waals surface area contributed by atoms with Crippen molar-refractivity contribution in [1.82, 2.24) is 0 Å². The van der Waals surface area contributed by atoms with Crippen LogP contribution in [0.2, 0.25) is 0 Å². The molecule has 4 aliphatic rings. The Morgan fingerprint density at radius 1 is 0.905 bits per heavy atom. The van der Waals surface area contributed by atoms with Crippen LogP contribution in [0.15, 0.2) is 18.2 Å². The molecular formula is C34H50N2O6. The second kappa shape index (κ2) is 11.9. The van der Waals surface area contributed by atoms with Crippen molar-refractivity contribution in [3.63, 3.8) is 0 Å². The Kier molecular flexibility index (Phi) is 8.75. The van der Waals surface area contributed by atoms with Crippen LogP contribution in [0.1, 0.15) is 122 Å². The lowest BCUT2D eigenvalue weighted by atomic mass is 9.44. The molecule has 1 aromatic carbocycles. The van der Waals surface area contributed by atoms with Crippen LogP contribution in [-0.2, 0) is 4.74 Å². The first-order valence-corrected chi connectivity index (χ1v) is 16.5. The van der Waals surface area contributed by atoms with E-state index in [2.05, 4.69) is 34.6 Å². The van der Waals surface area contributed by atoms with Crippen LogP contribution in [0.25, 0.3) is 0 Å². The summed E-state index contributed by atoms with van der Waals surface area (Å²) < 4.78 is 6.31. The van der Waals surface area contributed by atoms with Gasteiger partial charge in [-0.1, -0.05) is 66.7 Å². The Balaban J connectivity index is 1.44. The fraction of sp³-hybridized carbons (Fsp3) is 0.794. The van der Waals surface area contributed by atoms with E-state index in [0.29, 0.717) is 29.1 Å². The van der Waals surface area contributed by atoms with E-state index in [0.717, 1.165) is 55.7 Å². The van der Waals surface area contributed by atoms with E-state index >= 15 is 0 Å². The predicted molar refractivity (Wildman–Crippen MR) is 162 cm³/mol. The summed E-state index contributed by atoms with van der Waals surface area (Å²) in [6.45, 7) is 11.9. The summed E-state index contributed by atoms with van der Waals surface area (Å²) in [5.41, 5.74) is -0.576. The molecule has 0 unspecified atom stereocenters. The minimum Gasteiger partial charge on any atom is -0.458 e. The molecule has 0 N–H and O–H groups in total. The van der Waals surface area contributed by atoms with Gasteiger partial charge in [0.05, 0.1) is 21.5 Å². The molecule has 1 aromatic rings. The Morgan fingerprint density at radius 2 is 1.60 bits per heavy atom. The Hall–Kier alpha value is -2.51. The van der Waals surface area contributed by atoms with Gasteiger partial charge in [0.25, 0.3) is 11.4 Å². The number of nitro groups is 2. The molecule has 4 saturated carbocycles. The summed E-state index contributed by atoms with van der Waals surface area (Å²) >= 11 is 0. The number of hydrogen-bond donors (Lipinski definition) is 0. The summed E-state index contributed by atoms with van der Waals surface area (Å²) in [6.07, 6.45) is 14.3. The number of fused-ring (bicyclic) bond motifs is 5. The first-order valence-electron chi connectivity index (χ1n) is 16.5. The first-order chi connectivity index (χ1) is 19.8. The third-order valence-corrected chi connectivity index (χ3v) is 12.5. The van der Waals surface area contributed by atoms with E-state index in [4.69, 9.17) is 4.74 Å². The van der Waals surface area contributed by atoms with E-state index < -0.39 is 27.2 Å². The zero-order valence-corrected chi connectivity index (χ0v) is 26.2. The first kappa shape index (κ1) is 30.9. The molecule has 0 saturated heterocycles. The van der Waals surface area contributed by atoms with Crippen molar-refractivity contribution in [1.29, 1.82) is 0 Å². The van der Waals surface area contributed by atoms with Gasteiger partial charge in [-0.15, -0.1) is 0 Å². The van der Waals surface area contributed by atoms with E-state index in [9.17, 15) is 25.0 Å². The molecule has 0 aliphatic heterocycles. The molecule has 9 atom stereocenters. The van der Waals surface area contributed by atoms with Crippen molar-refractivity contribution in [2.75, 3.05) is 0 Å². The van der Waals surface area contributed by atoms with Crippen LogP contribution in [-0.4, -0.2) is 21.9 Å². The topological polar surface area (TPSA) is 113 Å². The Morgan fingerprint density at radius 3 is 2.24 bits per heavy atom. The smallest absolute Gasteiger partial charge is 0.338 e. The number of nitrogens with zero attached hydrogens (tertiary/aromatic N) is 2. The van der Waals surface area contributed by atoms with Crippen molar-refractivity contribution >= 4 is 17.3 Å². The molecule has 0 heterocycles. The van der Waals surface area contributed by atoms with Crippen LogP contribution in [0.3, 0.4) is 0 Å². The van der Waals surface area contributed by atoms with Crippen molar-refractivity contribution in [3.05, 3.63) is 44.0 Å². The number of esters is 1. The molecule has 42 heavy (non-hydrogen) atoms. The maximum atomic E-state index is 13.6. The molecule has 0 aromatic heterocycles. The summed E-state index contributed by atoms with van der Waals surface area (Å²) in [7, 11) is 0. The van der Waals surface area contributed by atoms with Crippen molar-refractivity contribution in [2.24, 2.45) is 52.3 Å². The van der Waals surface area contributed by atoms with E-state index in [1.807, 2.05) is 0 Å². The van der Waals surface area contributed by atoms with Gasteiger partial charge < -0.3 is 4.74 Å². The Bertz CT molecular complexity index is 1170. The molecule has 0 spiro atoms. The second-order valence-corrected chi connectivity index (χ2v) is 15.2. The SMILES string of the molecule is CC(C)CCC[C@@H](C)[C@H]1[C@@H](OC(=O)c2cc([N+](=O)[O-])cc([N+](=O)[O-])c2)C[C@H]2[C@@H]3CC[C@@H]4CCCC[C@]4(C)[C@H]3CC[C@]12C. The van der Waals surface area contributed by atoms with Gasteiger partial charge in [-0.05, 0) is 91.3 Å². The highest BCUT2D eigenvalue weighted by Crippen LogP contribution is 2.68. The quantitative estimate of drug-likeness (QED) is 0.163. The van der Waals surface area contributed by atoms with Crippen molar-refractivity contribution in [3.8, 4) is 0 Å². The molecular weight excluding hydrogens is 532 g/mol. The number of nitro benzene ring substituents is 2. The van der Waals surface area contributed by atoms with Gasteiger partial charge in [0.1, 0.15) is 6.10 Å². The number of ether oxygens (including phenoxy) is 1. The molecule has 8 heteroatoms. The zero-order chi connectivity index (χ0) is 30.4. The number of rotatable bonds is 9. The average Bonchev–Trinajstić information content (AvgIpc) is 3.23. The van der Waals surface area contributed by atoms with Gasteiger partial charge in [0.2, 0.25) is 0 Å². The number of benzene rings is 1. The molecule has 8 nitrogen and oxygen atoms in total. The van der Waals surface area contributed by atoms with Crippen LogP contribution in [0.5, 0.6) is 0 Å². The highest BCUT2D eigenvalue weighted by Gasteiger charge is 2.63. The number of carbonyl (C=O) groups is 1.